The second-order valence-electron chi connectivity index (χ2n) is 3.88. The van der Waals surface area contributed by atoms with Crippen LogP contribution in [0.4, 0.5) is 5.69 Å². The fourth-order valence-corrected chi connectivity index (χ4v) is 1.91. The number of hydrogen-bond donors (Lipinski definition) is 2. The van der Waals surface area contributed by atoms with Crippen LogP contribution in [0.1, 0.15) is 17.2 Å². The third kappa shape index (κ3) is 2.63. The summed E-state index contributed by atoms with van der Waals surface area (Å²) in [5.41, 5.74) is 3.53. The molecule has 1 heterocycles. The van der Waals surface area contributed by atoms with E-state index in [0.29, 0.717) is 0 Å². The van der Waals surface area contributed by atoms with Crippen molar-refractivity contribution in [2.24, 2.45) is 0 Å². The number of pyridine rings is 1. The predicted molar refractivity (Wildman–Crippen MR) is 71.1 cm³/mol. The summed E-state index contributed by atoms with van der Waals surface area (Å²) in [5.74, 6) is 0. The van der Waals surface area contributed by atoms with Gasteiger partial charge in [-0.05, 0) is 36.4 Å². The zero-order chi connectivity index (χ0) is 12.1. The molecule has 2 rings (SSSR count). The highest BCUT2D eigenvalue weighted by Gasteiger charge is 2.11. The second kappa shape index (κ2) is 5.46. The molecule has 1 aromatic carbocycles. The van der Waals surface area contributed by atoms with E-state index in [9.17, 15) is 0 Å². The van der Waals surface area contributed by atoms with Gasteiger partial charge in [0.1, 0.15) is 0 Å². The molecule has 3 nitrogen and oxygen atoms in total. The van der Waals surface area contributed by atoms with Crippen molar-refractivity contribution >= 4 is 5.69 Å². The molecule has 0 saturated heterocycles. The molecular weight excluding hydrogens is 210 g/mol. The molecule has 0 fully saturated rings. The van der Waals surface area contributed by atoms with Crippen molar-refractivity contribution in [2.75, 3.05) is 19.4 Å². The van der Waals surface area contributed by atoms with Crippen LogP contribution in [0.3, 0.4) is 0 Å². The van der Waals surface area contributed by atoms with E-state index in [4.69, 9.17) is 0 Å². The Labute approximate surface area is 102 Å². The lowest BCUT2D eigenvalue weighted by molar-refractivity contribution is 0.689. The lowest BCUT2D eigenvalue weighted by Gasteiger charge is -2.17. The second-order valence-corrected chi connectivity index (χ2v) is 3.88. The van der Waals surface area contributed by atoms with Gasteiger partial charge >= 0.3 is 0 Å². The van der Waals surface area contributed by atoms with Crippen molar-refractivity contribution < 1.29 is 0 Å². The lowest BCUT2D eigenvalue weighted by atomic mass is 10.0. The van der Waals surface area contributed by atoms with E-state index in [0.717, 1.165) is 5.69 Å². The highest BCUT2D eigenvalue weighted by atomic mass is 14.9. The molecule has 0 saturated carbocycles. The van der Waals surface area contributed by atoms with Crippen molar-refractivity contribution in [1.29, 1.82) is 0 Å². The van der Waals surface area contributed by atoms with Gasteiger partial charge in [-0.1, -0.05) is 18.2 Å². The van der Waals surface area contributed by atoms with Crippen molar-refractivity contribution in [3.63, 3.8) is 0 Å². The molecule has 2 N–H and O–H groups in total. The Morgan fingerprint density at radius 3 is 2.29 bits per heavy atom. The van der Waals surface area contributed by atoms with Crippen molar-refractivity contribution in [1.82, 2.24) is 10.3 Å². The average molecular weight is 227 g/mol. The van der Waals surface area contributed by atoms with Crippen molar-refractivity contribution in [3.05, 3.63) is 59.9 Å². The summed E-state index contributed by atoms with van der Waals surface area (Å²) in [6.07, 6.45) is 3.69. The van der Waals surface area contributed by atoms with Gasteiger partial charge in [0, 0.05) is 25.1 Å². The molecule has 0 amide bonds. The molecule has 0 aliphatic rings. The normalized spacial score (nSPS) is 12.1. The first kappa shape index (κ1) is 11.6. The number of anilines is 1. The van der Waals surface area contributed by atoms with Crippen molar-refractivity contribution in [3.8, 4) is 0 Å². The van der Waals surface area contributed by atoms with Gasteiger partial charge < -0.3 is 10.6 Å². The van der Waals surface area contributed by atoms with Crippen LogP contribution in [0.15, 0.2) is 48.8 Å². The van der Waals surface area contributed by atoms with E-state index in [2.05, 4.69) is 45.9 Å². The van der Waals surface area contributed by atoms with Gasteiger partial charge in [0.2, 0.25) is 0 Å². The molecule has 88 valence electrons. The molecule has 2 aromatic rings. The minimum atomic E-state index is 0.189. The smallest absolute Gasteiger partial charge is 0.0589 e. The summed E-state index contributed by atoms with van der Waals surface area (Å²) < 4.78 is 0. The third-order valence-corrected chi connectivity index (χ3v) is 2.84. The average Bonchev–Trinajstić information content (AvgIpc) is 2.42. The maximum absolute atomic E-state index is 4.16. The predicted octanol–water partition coefficient (Wildman–Crippen LogP) is 2.43. The Morgan fingerprint density at radius 1 is 1.00 bits per heavy atom. The van der Waals surface area contributed by atoms with Crippen LogP contribution in [-0.4, -0.2) is 19.1 Å². The molecule has 0 bridgehead atoms. The number of aromatic nitrogens is 1. The topological polar surface area (TPSA) is 37.0 Å². The van der Waals surface area contributed by atoms with Crippen LogP contribution < -0.4 is 10.6 Å². The summed E-state index contributed by atoms with van der Waals surface area (Å²) in [4.78, 5) is 4.16. The van der Waals surface area contributed by atoms with Gasteiger partial charge in [0.25, 0.3) is 0 Å². The molecule has 1 atom stereocenters. The number of benzene rings is 1. The lowest BCUT2D eigenvalue weighted by Crippen LogP contribution is -2.17. The summed E-state index contributed by atoms with van der Waals surface area (Å²) in [5, 5.41) is 6.43. The highest BCUT2D eigenvalue weighted by Crippen LogP contribution is 2.22. The summed E-state index contributed by atoms with van der Waals surface area (Å²) in [7, 11) is 3.88. The van der Waals surface area contributed by atoms with E-state index in [1.54, 1.807) is 6.20 Å². The van der Waals surface area contributed by atoms with Gasteiger partial charge in [-0.3, -0.25) is 4.98 Å². The number of rotatable bonds is 4. The highest BCUT2D eigenvalue weighted by molar-refractivity contribution is 5.45. The first-order valence-corrected chi connectivity index (χ1v) is 5.70. The maximum Gasteiger partial charge on any atom is 0.0589 e. The van der Waals surface area contributed by atoms with E-state index >= 15 is 0 Å². The fourth-order valence-electron chi connectivity index (χ4n) is 1.91. The van der Waals surface area contributed by atoms with Gasteiger partial charge in [-0.15, -0.1) is 0 Å². The molecule has 0 radical (unpaired) electrons. The van der Waals surface area contributed by atoms with Crippen LogP contribution in [0.2, 0.25) is 0 Å². The van der Waals surface area contributed by atoms with E-state index < -0.39 is 0 Å². The molecule has 1 unspecified atom stereocenters. The summed E-state index contributed by atoms with van der Waals surface area (Å²) >= 11 is 0. The first-order valence-electron chi connectivity index (χ1n) is 5.70. The first-order chi connectivity index (χ1) is 8.35. The standard InChI is InChI=1S/C14H17N3/c1-15-13-7-5-11(6-8-13)14(16-2)12-4-3-9-17-10-12/h3-10,14-16H,1-2H3. The van der Waals surface area contributed by atoms with Crippen LogP contribution in [0.25, 0.3) is 0 Å². The van der Waals surface area contributed by atoms with E-state index in [1.807, 2.05) is 26.4 Å². The van der Waals surface area contributed by atoms with Gasteiger partial charge in [-0.2, -0.15) is 0 Å². The molecule has 3 heteroatoms. The van der Waals surface area contributed by atoms with Crippen LogP contribution in [0.5, 0.6) is 0 Å². The Kier molecular flexibility index (Phi) is 3.73. The Bertz CT molecular complexity index is 451. The Balaban J connectivity index is 2.29. The SMILES string of the molecule is CNc1ccc(C(NC)c2cccnc2)cc1. The largest absolute Gasteiger partial charge is 0.388 e. The van der Waals surface area contributed by atoms with Gasteiger partial charge in [0.15, 0.2) is 0 Å². The number of nitrogens with one attached hydrogen (secondary N) is 2. The molecule has 0 aliphatic heterocycles. The van der Waals surface area contributed by atoms with Crippen LogP contribution in [0, 0.1) is 0 Å². The maximum atomic E-state index is 4.16. The Morgan fingerprint density at radius 2 is 1.76 bits per heavy atom. The fraction of sp³-hybridized carbons (Fsp3) is 0.214. The molecular formula is C14H17N3. The molecule has 0 spiro atoms. The monoisotopic (exact) mass is 227 g/mol. The number of hydrogen-bond acceptors (Lipinski definition) is 3. The minimum absolute atomic E-state index is 0.189. The zero-order valence-corrected chi connectivity index (χ0v) is 10.1. The van der Waals surface area contributed by atoms with Gasteiger partial charge in [0.05, 0.1) is 6.04 Å². The summed E-state index contributed by atoms with van der Waals surface area (Å²) in [6, 6.07) is 12.6. The minimum Gasteiger partial charge on any atom is -0.388 e. The third-order valence-electron chi connectivity index (χ3n) is 2.84. The van der Waals surface area contributed by atoms with Gasteiger partial charge in [-0.25, -0.2) is 0 Å². The quantitative estimate of drug-likeness (QED) is 0.842. The van der Waals surface area contributed by atoms with Crippen LogP contribution >= 0.6 is 0 Å². The molecule has 1 aromatic heterocycles. The Hall–Kier alpha value is -1.87. The van der Waals surface area contributed by atoms with E-state index in [1.165, 1.54) is 11.1 Å². The van der Waals surface area contributed by atoms with Crippen LogP contribution in [-0.2, 0) is 0 Å². The zero-order valence-electron chi connectivity index (χ0n) is 10.1. The number of nitrogens with zero attached hydrogens (tertiary/aromatic N) is 1. The summed E-state index contributed by atoms with van der Waals surface area (Å²) in [6.45, 7) is 0. The molecule has 17 heavy (non-hydrogen) atoms. The van der Waals surface area contributed by atoms with E-state index in [-0.39, 0.29) is 6.04 Å². The molecule has 0 aliphatic carbocycles. The van der Waals surface area contributed by atoms with Crippen molar-refractivity contribution in [2.45, 2.75) is 6.04 Å².